The van der Waals surface area contributed by atoms with Gasteiger partial charge in [0.05, 0.1) is 17.3 Å². The number of pyridine rings is 1. The molecular weight excluding hydrogens is 408 g/mol. The highest BCUT2D eigenvalue weighted by Gasteiger charge is 2.54. The lowest BCUT2D eigenvalue weighted by molar-refractivity contribution is -0.122. The van der Waals surface area contributed by atoms with E-state index >= 15 is 0 Å². The highest BCUT2D eigenvalue weighted by atomic mass is 35.5. The summed E-state index contributed by atoms with van der Waals surface area (Å²) in [5.41, 5.74) is 0.667. The van der Waals surface area contributed by atoms with Gasteiger partial charge in [-0.1, -0.05) is 36.4 Å². The van der Waals surface area contributed by atoms with Gasteiger partial charge in [-0.25, -0.2) is 4.39 Å². The number of alkyl halides is 3. The van der Waals surface area contributed by atoms with Gasteiger partial charge in [0.1, 0.15) is 6.33 Å². The van der Waals surface area contributed by atoms with Crippen LogP contribution in [0.2, 0.25) is 0 Å². The van der Waals surface area contributed by atoms with Crippen LogP contribution < -0.4 is 5.56 Å². The van der Waals surface area contributed by atoms with E-state index in [2.05, 4.69) is 22.1 Å². The van der Waals surface area contributed by atoms with Crippen LogP contribution in [0.4, 0.5) is 4.39 Å². The van der Waals surface area contributed by atoms with Gasteiger partial charge in [-0.3, -0.25) is 14.2 Å². The number of ketones is 1. The molecule has 1 aromatic carbocycles. The molecule has 10 heteroatoms. The maximum absolute atomic E-state index is 14.9. The van der Waals surface area contributed by atoms with Crippen molar-refractivity contribution in [2.24, 2.45) is 0 Å². The molecule has 142 valence electrons. The summed E-state index contributed by atoms with van der Waals surface area (Å²) in [5.74, 6) is -1.37. The van der Waals surface area contributed by atoms with Crippen LogP contribution in [0.3, 0.4) is 0 Å². The molecule has 0 saturated carbocycles. The molecule has 0 spiro atoms. The normalized spacial score (nSPS) is 21.0. The minimum Gasteiger partial charge on any atom is -0.294 e. The van der Waals surface area contributed by atoms with E-state index in [9.17, 15) is 14.0 Å². The second kappa shape index (κ2) is 6.65. The number of hydrogen-bond donors (Lipinski definition) is 0. The second-order valence-corrected chi connectivity index (χ2v) is 7.01. The number of Topliss-reactive ketones (excluding diaryl/α,β-unsaturated/α-hetero) is 1. The van der Waals surface area contributed by atoms with Crippen molar-refractivity contribution in [2.45, 2.75) is 11.2 Å². The summed E-state index contributed by atoms with van der Waals surface area (Å²) in [5, 5.41) is 11.0. The van der Waals surface area contributed by atoms with Crippen LogP contribution in [0.15, 0.2) is 54.1 Å². The van der Waals surface area contributed by atoms with Crippen LogP contribution in [0.1, 0.15) is 5.69 Å². The molecule has 0 amide bonds. The van der Waals surface area contributed by atoms with E-state index < -0.39 is 28.4 Å². The number of para-hydroxylation sites is 1. The van der Waals surface area contributed by atoms with Crippen molar-refractivity contribution >= 4 is 34.6 Å². The number of aromatic nitrogens is 5. The minimum absolute atomic E-state index is 0.0501. The molecular formula is C18H12Cl2FN5O2. The van der Waals surface area contributed by atoms with Crippen molar-refractivity contribution in [3.8, 4) is 16.8 Å². The third-order valence-corrected chi connectivity index (χ3v) is 5.50. The summed E-state index contributed by atoms with van der Waals surface area (Å²) >= 11 is 12.0. The number of hydrogen-bond acceptors (Lipinski definition) is 5. The van der Waals surface area contributed by atoms with Crippen LogP contribution in [-0.2, 0) is 9.79 Å². The molecule has 0 saturated heterocycles. The highest BCUT2D eigenvalue weighted by molar-refractivity contribution is 6.40. The first-order chi connectivity index (χ1) is 13.4. The van der Waals surface area contributed by atoms with E-state index in [0.29, 0.717) is 11.3 Å². The predicted octanol–water partition coefficient (Wildman–Crippen LogP) is 2.56. The number of carbonyl (C=O) groups is 1. The van der Waals surface area contributed by atoms with Gasteiger partial charge in [-0.15, -0.1) is 16.7 Å². The average Bonchev–Trinajstić information content (AvgIpc) is 3.31. The SMILES string of the molecule is C=C1c2ccc(-c3ccccc3-n3cnnn3)c(=O)n2C(Cl)(C(=O)CCl)C1F. The quantitative estimate of drug-likeness (QED) is 0.606. The van der Waals surface area contributed by atoms with Crippen LogP contribution in [0, 0.1) is 0 Å². The number of tetrazole rings is 1. The van der Waals surface area contributed by atoms with E-state index in [0.717, 1.165) is 4.57 Å². The van der Waals surface area contributed by atoms with E-state index in [1.807, 2.05) is 0 Å². The average molecular weight is 420 g/mol. The van der Waals surface area contributed by atoms with Crippen LogP contribution in [0.25, 0.3) is 22.4 Å². The molecule has 28 heavy (non-hydrogen) atoms. The summed E-state index contributed by atoms with van der Waals surface area (Å²) < 4.78 is 17.2. The Kier molecular flexibility index (Phi) is 4.40. The fraction of sp³-hybridized carbons (Fsp3) is 0.167. The summed E-state index contributed by atoms with van der Waals surface area (Å²) in [6.45, 7) is 3.65. The topological polar surface area (TPSA) is 82.7 Å². The molecule has 0 aliphatic carbocycles. The largest absolute Gasteiger partial charge is 0.294 e. The Morgan fingerprint density at radius 1 is 1.25 bits per heavy atom. The van der Waals surface area contributed by atoms with Crippen molar-refractivity contribution in [2.75, 3.05) is 5.88 Å². The van der Waals surface area contributed by atoms with Crippen LogP contribution >= 0.6 is 23.2 Å². The van der Waals surface area contributed by atoms with Crippen molar-refractivity contribution in [3.05, 3.63) is 65.4 Å². The number of benzene rings is 1. The van der Waals surface area contributed by atoms with Crippen molar-refractivity contribution in [1.82, 2.24) is 24.8 Å². The van der Waals surface area contributed by atoms with Gasteiger partial charge in [0, 0.05) is 16.7 Å². The zero-order valence-electron chi connectivity index (χ0n) is 14.2. The van der Waals surface area contributed by atoms with E-state index in [1.54, 1.807) is 24.3 Å². The molecule has 1 aliphatic heterocycles. The second-order valence-electron chi connectivity index (χ2n) is 6.16. The number of fused-ring (bicyclic) bond motifs is 1. The lowest BCUT2D eigenvalue weighted by Gasteiger charge is -2.24. The first-order valence-electron chi connectivity index (χ1n) is 8.12. The summed E-state index contributed by atoms with van der Waals surface area (Å²) in [4.78, 5) is 23.4. The maximum atomic E-state index is 14.9. The Morgan fingerprint density at radius 3 is 2.68 bits per heavy atom. The first-order valence-corrected chi connectivity index (χ1v) is 9.03. The zero-order chi connectivity index (χ0) is 20.1. The Hall–Kier alpha value is -2.84. The van der Waals surface area contributed by atoms with Crippen molar-refractivity contribution in [1.29, 1.82) is 0 Å². The number of carbonyl (C=O) groups excluding carboxylic acids is 1. The van der Waals surface area contributed by atoms with Gasteiger partial charge in [-0.2, -0.15) is 4.68 Å². The molecule has 0 radical (unpaired) electrons. The standard InChI is InChI=1S/C18H12Cl2FN5O2/c1-10-13-7-6-12(11-4-2-3-5-14(11)25-9-22-23-24-25)17(28)26(13)18(20,16(10)21)15(27)8-19/h2-7,9,16H,1,8H2. The molecule has 0 bridgehead atoms. The Labute approximate surface area is 168 Å². The number of allylic oxidation sites excluding steroid dienone is 1. The third-order valence-electron chi connectivity index (χ3n) is 4.68. The first kappa shape index (κ1) is 18.5. The van der Waals surface area contributed by atoms with E-state index in [4.69, 9.17) is 23.2 Å². The monoisotopic (exact) mass is 419 g/mol. The molecule has 3 heterocycles. The summed E-state index contributed by atoms with van der Waals surface area (Å²) in [6, 6.07) is 9.94. The Balaban J connectivity index is 2.00. The lowest BCUT2D eigenvalue weighted by Crippen LogP contribution is -2.46. The highest BCUT2D eigenvalue weighted by Crippen LogP contribution is 2.44. The molecule has 7 nitrogen and oxygen atoms in total. The number of rotatable bonds is 4. The Morgan fingerprint density at radius 2 is 2.00 bits per heavy atom. The summed E-state index contributed by atoms with van der Waals surface area (Å²) in [6.07, 6.45) is -0.593. The van der Waals surface area contributed by atoms with Crippen molar-refractivity contribution in [3.63, 3.8) is 0 Å². The molecule has 0 N–H and O–H groups in total. The molecule has 3 aromatic rings. The number of halogens is 3. The minimum atomic E-state index is -2.27. The Bertz CT molecular complexity index is 1160. The van der Waals surface area contributed by atoms with Gasteiger partial charge in [0.2, 0.25) is 5.00 Å². The van der Waals surface area contributed by atoms with Crippen LogP contribution in [-0.4, -0.2) is 42.6 Å². The molecule has 2 aromatic heterocycles. The maximum Gasteiger partial charge on any atom is 0.260 e. The molecule has 1 aliphatic rings. The van der Waals surface area contributed by atoms with Gasteiger partial charge in [0.25, 0.3) is 5.56 Å². The smallest absolute Gasteiger partial charge is 0.260 e. The molecule has 4 rings (SSSR count). The molecule has 2 unspecified atom stereocenters. The van der Waals surface area contributed by atoms with Crippen LogP contribution in [0.5, 0.6) is 0 Å². The fourth-order valence-corrected chi connectivity index (χ4v) is 3.96. The zero-order valence-corrected chi connectivity index (χ0v) is 15.7. The van der Waals surface area contributed by atoms with Gasteiger partial charge < -0.3 is 0 Å². The summed E-state index contributed by atoms with van der Waals surface area (Å²) in [7, 11) is 0. The van der Waals surface area contributed by atoms with Gasteiger partial charge >= 0.3 is 0 Å². The van der Waals surface area contributed by atoms with Gasteiger partial charge in [-0.05, 0) is 28.6 Å². The number of nitrogens with zero attached hydrogens (tertiary/aromatic N) is 5. The van der Waals surface area contributed by atoms with Gasteiger partial charge in [0.15, 0.2) is 12.0 Å². The molecule has 2 atom stereocenters. The lowest BCUT2D eigenvalue weighted by atomic mass is 10.0. The fourth-order valence-electron chi connectivity index (χ4n) is 3.32. The third kappa shape index (κ3) is 2.45. The van der Waals surface area contributed by atoms with E-state index in [-0.39, 0.29) is 16.8 Å². The van der Waals surface area contributed by atoms with Crippen molar-refractivity contribution < 1.29 is 9.18 Å². The molecule has 0 fully saturated rings. The predicted molar refractivity (Wildman–Crippen MR) is 102 cm³/mol. The van der Waals surface area contributed by atoms with E-state index in [1.165, 1.54) is 23.1 Å².